The van der Waals surface area contributed by atoms with Crippen molar-refractivity contribution in [3.8, 4) is 0 Å². The molecule has 1 aromatic heterocycles. The minimum atomic E-state index is 0.145. The molecule has 0 radical (unpaired) electrons. The first-order valence-electron chi connectivity index (χ1n) is 5.00. The second-order valence-corrected chi connectivity index (χ2v) is 4.33. The third-order valence-corrected chi connectivity index (χ3v) is 3.42. The van der Waals surface area contributed by atoms with Gasteiger partial charge in [0.2, 0.25) is 0 Å². The van der Waals surface area contributed by atoms with Crippen LogP contribution in [0.5, 0.6) is 0 Å². The van der Waals surface area contributed by atoms with Gasteiger partial charge in [-0.05, 0) is 32.6 Å². The van der Waals surface area contributed by atoms with Crippen molar-refractivity contribution in [2.45, 2.75) is 44.2 Å². The van der Waals surface area contributed by atoms with Crippen molar-refractivity contribution in [3.05, 3.63) is 17.5 Å². The molecular weight excluding hydrogens is 164 g/mol. The molecule has 1 aromatic rings. The molecule has 3 nitrogen and oxygen atoms in total. The van der Waals surface area contributed by atoms with Gasteiger partial charge in [0, 0.05) is 12.1 Å². The number of fused-ring (bicyclic) bond motifs is 2. The van der Waals surface area contributed by atoms with Crippen LogP contribution in [0.3, 0.4) is 0 Å². The largest absolute Gasteiger partial charge is 0.359 e. The minimum absolute atomic E-state index is 0.145. The molecule has 1 N–H and O–H groups in total. The van der Waals surface area contributed by atoms with Crippen molar-refractivity contribution in [2.75, 3.05) is 0 Å². The quantitative estimate of drug-likeness (QED) is 0.711. The third kappa shape index (κ3) is 0.967. The van der Waals surface area contributed by atoms with E-state index in [0.717, 1.165) is 17.5 Å². The monoisotopic (exact) mass is 178 g/mol. The van der Waals surface area contributed by atoms with Crippen molar-refractivity contribution in [1.29, 1.82) is 0 Å². The fourth-order valence-electron chi connectivity index (χ4n) is 2.70. The molecule has 0 unspecified atom stereocenters. The molecule has 70 valence electrons. The van der Waals surface area contributed by atoms with E-state index in [1.807, 2.05) is 6.92 Å². The van der Waals surface area contributed by atoms with Gasteiger partial charge in [0.15, 0.2) is 5.76 Å². The van der Waals surface area contributed by atoms with Crippen molar-refractivity contribution in [3.63, 3.8) is 0 Å². The van der Waals surface area contributed by atoms with Gasteiger partial charge >= 0.3 is 0 Å². The lowest BCUT2D eigenvalue weighted by Crippen LogP contribution is -2.32. The number of hydrogen-bond acceptors (Lipinski definition) is 3. The number of rotatable bonds is 1. The predicted octanol–water partition coefficient (Wildman–Crippen LogP) is 1.72. The SMILES string of the molecule is Cc1cc(C23CCC(CC2)N3)on1. The van der Waals surface area contributed by atoms with Gasteiger partial charge in [0.1, 0.15) is 0 Å². The summed E-state index contributed by atoms with van der Waals surface area (Å²) in [5, 5.41) is 7.59. The van der Waals surface area contributed by atoms with Gasteiger partial charge in [0.25, 0.3) is 0 Å². The summed E-state index contributed by atoms with van der Waals surface area (Å²) in [7, 11) is 0. The molecule has 2 aliphatic heterocycles. The Morgan fingerprint density at radius 1 is 1.54 bits per heavy atom. The smallest absolute Gasteiger partial charge is 0.157 e. The normalized spacial score (nSPS) is 37.2. The van der Waals surface area contributed by atoms with Gasteiger partial charge in [-0.15, -0.1) is 0 Å². The van der Waals surface area contributed by atoms with Gasteiger partial charge < -0.3 is 9.84 Å². The molecule has 0 amide bonds. The summed E-state index contributed by atoms with van der Waals surface area (Å²) in [6.07, 6.45) is 5.01. The molecule has 3 heteroatoms. The molecule has 2 aliphatic rings. The first-order valence-corrected chi connectivity index (χ1v) is 5.00. The number of nitrogens with one attached hydrogen (secondary N) is 1. The van der Waals surface area contributed by atoms with E-state index in [9.17, 15) is 0 Å². The van der Waals surface area contributed by atoms with Crippen molar-refractivity contribution in [1.82, 2.24) is 10.5 Å². The predicted molar refractivity (Wildman–Crippen MR) is 48.3 cm³/mol. The van der Waals surface area contributed by atoms with Crippen LogP contribution in [-0.2, 0) is 5.54 Å². The Balaban J connectivity index is 2.00. The second-order valence-electron chi connectivity index (χ2n) is 4.33. The van der Waals surface area contributed by atoms with Crippen LogP contribution in [0.2, 0.25) is 0 Å². The summed E-state index contributed by atoms with van der Waals surface area (Å²) in [5.74, 6) is 1.05. The topological polar surface area (TPSA) is 38.1 Å². The summed E-state index contributed by atoms with van der Waals surface area (Å²) in [6, 6.07) is 2.80. The number of aromatic nitrogens is 1. The summed E-state index contributed by atoms with van der Waals surface area (Å²) in [6.45, 7) is 1.98. The van der Waals surface area contributed by atoms with E-state index in [4.69, 9.17) is 4.52 Å². The molecule has 0 aliphatic carbocycles. The fraction of sp³-hybridized carbons (Fsp3) is 0.700. The van der Waals surface area contributed by atoms with Crippen LogP contribution < -0.4 is 5.32 Å². The van der Waals surface area contributed by atoms with Crippen LogP contribution in [0.1, 0.15) is 37.1 Å². The maximum Gasteiger partial charge on any atom is 0.157 e. The Labute approximate surface area is 77.5 Å². The van der Waals surface area contributed by atoms with E-state index >= 15 is 0 Å². The van der Waals surface area contributed by atoms with Gasteiger partial charge in [0.05, 0.1) is 11.2 Å². The van der Waals surface area contributed by atoms with Crippen LogP contribution in [0.15, 0.2) is 10.6 Å². The van der Waals surface area contributed by atoms with E-state index in [1.165, 1.54) is 25.7 Å². The van der Waals surface area contributed by atoms with Gasteiger partial charge in [-0.3, -0.25) is 0 Å². The fourth-order valence-corrected chi connectivity index (χ4v) is 2.70. The molecule has 2 saturated heterocycles. The second kappa shape index (κ2) is 2.35. The van der Waals surface area contributed by atoms with Crippen LogP contribution in [0.4, 0.5) is 0 Å². The Kier molecular flexibility index (Phi) is 1.37. The third-order valence-electron chi connectivity index (χ3n) is 3.42. The van der Waals surface area contributed by atoms with E-state index in [2.05, 4.69) is 16.5 Å². The first kappa shape index (κ1) is 7.56. The number of hydrogen-bond donors (Lipinski definition) is 1. The molecule has 2 bridgehead atoms. The molecule has 0 atom stereocenters. The Morgan fingerprint density at radius 3 is 2.77 bits per heavy atom. The highest BCUT2D eigenvalue weighted by atomic mass is 16.5. The van der Waals surface area contributed by atoms with Crippen LogP contribution >= 0.6 is 0 Å². The van der Waals surface area contributed by atoms with Gasteiger partial charge in [-0.1, -0.05) is 5.16 Å². The zero-order valence-corrected chi connectivity index (χ0v) is 7.84. The summed E-state index contributed by atoms with van der Waals surface area (Å²) >= 11 is 0. The zero-order chi connectivity index (χ0) is 8.89. The molecule has 2 fully saturated rings. The number of aryl methyl sites for hydroxylation is 1. The molecular formula is C10H14N2O. The molecule has 13 heavy (non-hydrogen) atoms. The highest BCUT2D eigenvalue weighted by Gasteiger charge is 2.47. The lowest BCUT2D eigenvalue weighted by molar-refractivity contribution is 0.270. The molecule has 0 saturated carbocycles. The first-order chi connectivity index (χ1) is 6.28. The molecule has 0 spiro atoms. The maximum absolute atomic E-state index is 5.36. The van der Waals surface area contributed by atoms with Gasteiger partial charge in [-0.25, -0.2) is 0 Å². The zero-order valence-electron chi connectivity index (χ0n) is 7.84. The Hall–Kier alpha value is -0.830. The van der Waals surface area contributed by atoms with E-state index < -0.39 is 0 Å². The van der Waals surface area contributed by atoms with Crippen molar-refractivity contribution < 1.29 is 4.52 Å². The minimum Gasteiger partial charge on any atom is -0.359 e. The standard InChI is InChI=1S/C10H14N2O/c1-7-6-9(13-12-7)10-4-2-8(11-10)3-5-10/h6,8,11H,2-5H2,1H3. The molecule has 3 heterocycles. The van der Waals surface area contributed by atoms with Crippen LogP contribution in [-0.4, -0.2) is 11.2 Å². The average molecular weight is 178 g/mol. The Bertz CT molecular complexity index is 323. The lowest BCUT2D eigenvalue weighted by Gasteiger charge is -2.21. The lowest BCUT2D eigenvalue weighted by atomic mass is 9.86. The van der Waals surface area contributed by atoms with Crippen LogP contribution in [0, 0.1) is 6.92 Å². The van der Waals surface area contributed by atoms with Crippen molar-refractivity contribution >= 4 is 0 Å². The highest BCUT2D eigenvalue weighted by Crippen LogP contribution is 2.44. The van der Waals surface area contributed by atoms with E-state index in [1.54, 1.807) is 0 Å². The molecule has 3 rings (SSSR count). The van der Waals surface area contributed by atoms with E-state index in [-0.39, 0.29) is 5.54 Å². The summed E-state index contributed by atoms with van der Waals surface area (Å²) < 4.78 is 5.36. The Morgan fingerprint density at radius 2 is 2.31 bits per heavy atom. The summed E-state index contributed by atoms with van der Waals surface area (Å²) in [5.41, 5.74) is 1.13. The van der Waals surface area contributed by atoms with Gasteiger partial charge in [-0.2, -0.15) is 0 Å². The maximum atomic E-state index is 5.36. The van der Waals surface area contributed by atoms with Crippen molar-refractivity contribution in [2.24, 2.45) is 0 Å². The van der Waals surface area contributed by atoms with Crippen LogP contribution in [0.25, 0.3) is 0 Å². The average Bonchev–Trinajstić information content (AvgIpc) is 2.77. The highest BCUT2D eigenvalue weighted by molar-refractivity contribution is 5.20. The summed E-state index contributed by atoms with van der Waals surface area (Å²) in [4.78, 5) is 0. The molecule has 0 aromatic carbocycles. The van der Waals surface area contributed by atoms with E-state index in [0.29, 0.717) is 0 Å². The number of nitrogens with zero attached hydrogens (tertiary/aromatic N) is 1.